The number of para-hydroxylation sites is 1. The Morgan fingerprint density at radius 2 is 2.04 bits per heavy atom. The molecule has 0 fully saturated rings. The zero-order chi connectivity index (χ0) is 19.1. The van der Waals surface area contributed by atoms with Crippen LogP contribution in [0.2, 0.25) is 0 Å². The third-order valence-corrected chi connectivity index (χ3v) is 5.14. The molecule has 0 bridgehead atoms. The van der Waals surface area contributed by atoms with Gasteiger partial charge in [0.15, 0.2) is 0 Å². The first kappa shape index (κ1) is 17.1. The molecule has 1 aliphatic rings. The maximum absolute atomic E-state index is 12.9. The molecule has 0 aliphatic carbocycles. The summed E-state index contributed by atoms with van der Waals surface area (Å²) in [5.41, 5.74) is 4.08. The van der Waals surface area contributed by atoms with Crippen LogP contribution in [0.25, 0.3) is 5.78 Å². The number of amides is 1. The number of carboxylic acid groups (broad SMARTS) is 1. The fourth-order valence-electron chi connectivity index (χ4n) is 3.74. The number of hydrogen-bond donors (Lipinski definition) is 1. The standard InChI is InChI=1S/C19H19N5O3/c1-11-13(12(2)24-19(22-11)20-10-21-24)7-8-17(25)23-9-15(18(26)27)14-5-3-4-6-16(14)23/h3-6,10,15H,7-9H2,1-2H3,(H,26,27). The first-order valence-electron chi connectivity index (χ1n) is 8.75. The lowest BCUT2D eigenvalue weighted by atomic mass is 10.0. The fraction of sp³-hybridized carbons (Fsp3) is 0.316. The average molecular weight is 365 g/mol. The van der Waals surface area contributed by atoms with Gasteiger partial charge in [-0.3, -0.25) is 9.59 Å². The van der Waals surface area contributed by atoms with Crippen molar-refractivity contribution in [2.24, 2.45) is 0 Å². The van der Waals surface area contributed by atoms with Gasteiger partial charge in [0.2, 0.25) is 5.91 Å². The summed E-state index contributed by atoms with van der Waals surface area (Å²) in [6.07, 6.45) is 2.23. The molecule has 0 saturated heterocycles. The molecule has 1 N–H and O–H groups in total. The molecule has 1 unspecified atom stereocenters. The lowest BCUT2D eigenvalue weighted by Gasteiger charge is -2.18. The van der Waals surface area contributed by atoms with Crippen molar-refractivity contribution in [2.75, 3.05) is 11.4 Å². The van der Waals surface area contributed by atoms with Gasteiger partial charge in [-0.15, -0.1) is 0 Å². The van der Waals surface area contributed by atoms with Gasteiger partial charge in [-0.1, -0.05) is 18.2 Å². The minimum Gasteiger partial charge on any atom is -0.481 e. The summed E-state index contributed by atoms with van der Waals surface area (Å²) in [6, 6.07) is 7.20. The molecule has 8 nitrogen and oxygen atoms in total. The predicted octanol–water partition coefficient (Wildman–Crippen LogP) is 1.89. The number of carboxylic acids is 1. The molecule has 3 aromatic rings. The van der Waals surface area contributed by atoms with E-state index in [0.717, 1.165) is 17.0 Å². The first-order valence-corrected chi connectivity index (χ1v) is 8.75. The van der Waals surface area contributed by atoms with E-state index in [-0.39, 0.29) is 18.9 Å². The maximum atomic E-state index is 12.9. The lowest BCUT2D eigenvalue weighted by molar-refractivity contribution is -0.138. The summed E-state index contributed by atoms with van der Waals surface area (Å²) in [6.45, 7) is 4.00. The van der Waals surface area contributed by atoms with E-state index in [1.54, 1.807) is 27.6 Å². The molecule has 8 heteroatoms. The summed E-state index contributed by atoms with van der Waals surface area (Å²) >= 11 is 0. The van der Waals surface area contributed by atoms with Crippen molar-refractivity contribution < 1.29 is 14.7 Å². The number of benzene rings is 1. The molecule has 1 atom stereocenters. The van der Waals surface area contributed by atoms with E-state index in [4.69, 9.17) is 0 Å². The highest BCUT2D eigenvalue weighted by Crippen LogP contribution is 2.36. The Labute approximate surface area is 155 Å². The highest BCUT2D eigenvalue weighted by molar-refractivity contribution is 5.99. The fourth-order valence-corrected chi connectivity index (χ4v) is 3.74. The van der Waals surface area contributed by atoms with Crippen LogP contribution in [0.5, 0.6) is 0 Å². The third kappa shape index (κ3) is 2.83. The molecule has 0 radical (unpaired) electrons. The topological polar surface area (TPSA) is 101 Å². The van der Waals surface area contributed by atoms with Crippen LogP contribution in [0.4, 0.5) is 5.69 Å². The van der Waals surface area contributed by atoms with Crippen LogP contribution in [0.1, 0.15) is 34.9 Å². The van der Waals surface area contributed by atoms with Gasteiger partial charge in [-0.05, 0) is 37.5 Å². The first-order chi connectivity index (χ1) is 13.0. The van der Waals surface area contributed by atoms with Gasteiger partial charge in [0, 0.05) is 30.0 Å². The highest BCUT2D eigenvalue weighted by atomic mass is 16.4. The van der Waals surface area contributed by atoms with Gasteiger partial charge in [0.1, 0.15) is 12.2 Å². The summed E-state index contributed by atoms with van der Waals surface area (Å²) in [4.78, 5) is 34.5. The predicted molar refractivity (Wildman–Crippen MR) is 97.7 cm³/mol. The number of anilines is 1. The van der Waals surface area contributed by atoms with Gasteiger partial charge in [0.05, 0.1) is 0 Å². The summed E-state index contributed by atoms with van der Waals surface area (Å²) in [7, 11) is 0. The molecule has 2 aromatic heterocycles. The number of nitrogens with zero attached hydrogens (tertiary/aromatic N) is 5. The van der Waals surface area contributed by atoms with Gasteiger partial charge in [-0.25, -0.2) is 9.50 Å². The number of aryl methyl sites for hydroxylation is 2. The maximum Gasteiger partial charge on any atom is 0.312 e. The smallest absolute Gasteiger partial charge is 0.312 e. The number of carbonyl (C=O) groups is 2. The molecule has 0 saturated carbocycles. The van der Waals surface area contributed by atoms with Gasteiger partial charge >= 0.3 is 5.97 Å². The van der Waals surface area contributed by atoms with Crippen molar-refractivity contribution in [1.82, 2.24) is 19.6 Å². The van der Waals surface area contributed by atoms with Crippen molar-refractivity contribution in [3.8, 4) is 0 Å². The van der Waals surface area contributed by atoms with Crippen LogP contribution in [0.3, 0.4) is 0 Å². The Balaban J connectivity index is 1.56. The molecular weight excluding hydrogens is 346 g/mol. The van der Waals surface area contributed by atoms with E-state index in [2.05, 4.69) is 15.1 Å². The SMILES string of the molecule is Cc1nc2ncnn2c(C)c1CCC(=O)N1CC(C(=O)O)c2ccccc21. The lowest BCUT2D eigenvalue weighted by Crippen LogP contribution is -2.31. The summed E-state index contributed by atoms with van der Waals surface area (Å²) in [5, 5.41) is 13.6. The third-order valence-electron chi connectivity index (χ3n) is 5.14. The minimum atomic E-state index is -0.912. The molecule has 1 amide bonds. The molecule has 3 heterocycles. The summed E-state index contributed by atoms with van der Waals surface area (Å²) < 4.78 is 1.67. The molecule has 138 valence electrons. The van der Waals surface area contributed by atoms with Crippen LogP contribution in [-0.2, 0) is 16.0 Å². The molecule has 1 aliphatic heterocycles. The normalized spacial score (nSPS) is 15.9. The number of aromatic nitrogens is 4. The van der Waals surface area contributed by atoms with Gasteiger partial charge in [-0.2, -0.15) is 10.1 Å². The summed E-state index contributed by atoms with van der Waals surface area (Å²) in [5.74, 6) is -1.14. The van der Waals surface area contributed by atoms with Crippen molar-refractivity contribution in [3.63, 3.8) is 0 Å². The number of carbonyl (C=O) groups excluding carboxylic acids is 1. The van der Waals surface area contributed by atoms with Crippen LogP contribution in [0, 0.1) is 13.8 Å². The molecule has 4 rings (SSSR count). The minimum absolute atomic E-state index is 0.0938. The Bertz CT molecular complexity index is 1060. The largest absolute Gasteiger partial charge is 0.481 e. The number of hydrogen-bond acceptors (Lipinski definition) is 5. The van der Waals surface area contributed by atoms with Crippen molar-refractivity contribution in [1.29, 1.82) is 0 Å². The van der Waals surface area contributed by atoms with Crippen LogP contribution in [-0.4, -0.2) is 43.1 Å². The second kappa shape index (κ2) is 6.46. The van der Waals surface area contributed by atoms with E-state index in [9.17, 15) is 14.7 Å². The molecule has 0 spiro atoms. The van der Waals surface area contributed by atoms with E-state index in [1.165, 1.54) is 6.33 Å². The Morgan fingerprint density at radius 3 is 2.81 bits per heavy atom. The van der Waals surface area contributed by atoms with Crippen LogP contribution < -0.4 is 4.90 Å². The quantitative estimate of drug-likeness (QED) is 0.758. The van der Waals surface area contributed by atoms with Gasteiger partial charge < -0.3 is 10.0 Å². The number of rotatable bonds is 4. The Kier molecular flexibility index (Phi) is 4.10. The molecule has 27 heavy (non-hydrogen) atoms. The zero-order valence-corrected chi connectivity index (χ0v) is 15.1. The second-order valence-electron chi connectivity index (χ2n) is 6.69. The van der Waals surface area contributed by atoms with Crippen molar-refractivity contribution in [3.05, 3.63) is 53.1 Å². The Hall–Kier alpha value is -3.29. The average Bonchev–Trinajstić information content (AvgIpc) is 3.25. The highest BCUT2D eigenvalue weighted by Gasteiger charge is 2.36. The zero-order valence-electron chi connectivity index (χ0n) is 15.1. The monoisotopic (exact) mass is 365 g/mol. The van der Waals surface area contributed by atoms with E-state index < -0.39 is 11.9 Å². The van der Waals surface area contributed by atoms with E-state index in [0.29, 0.717) is 23.4 Å². The van der Waals surface area contributed by atoms with Crippen LogP contribution in [0.15, 0.2) is 30.6 Å². The van der Waals surface area contributed by atoms with Crippen molar-refractivity contribution in [2.45, 2.75) is 32.6 Å². The number of aliphatic carboxylic acids is 1. The van der Waals surface area contributed by atoms with Gasteiger partial charge in [0.25, 0.3) is 5.78 Å². The van der Waals surface area contributed by atoms with Crippen LogP contribution >= 0.6 is 0 Å². The molecule has 1 aromatic carbocycles. The van der Waals surface area contributed by atoms with Crippen molar-refractivity contribution >= 4 is 23.3 Å². The number of fused-ring (bicyclic) bond motifs is 2. The molecular formula is C19H19N5O3. The van der Waals surface area contributed by atoms with E-state index >= 15 is 0 Å². The Morgan fingerprint density at radius 1 is 1.26 bits per heavy atom. The van der Waals surface area contributed by atoms with E-state index in [1.807, 2.05) is 19.9 Å². The second-order valence-corrected chi connectivity index (χ2v) is 6.69.